The van der Waals surface area contributed by atoms with Crippen molar-refractivity contribution in [3.63, 3.8) is 0 Å². The fraction of sp³-hybridized carbons (Fsp3) is 0.286. The molecule has 1 aliphatic rings. The van der Waals surface area contributed by atoms with Crippen molar-refractivity contribution >= 4 is 22.9 Å². The Bertz CT molecular complexity index is 558. The largest absolute Gasteiger partial charge is 0.382 e. The van der Waals surface area contributed by atoms with Gasteiger partial charge in [-0.25, -0.2) is 0 Å². The van der Waals surface area contributed by atoms with Crippen molar-refractivity contribution in [2.75, 3.05) is 4.90 Å². The molecule has 3 N–H and O–H groups in total. The summed E-state index contributed by atoms with van der Waals surface area (Å²) in [7, 11) is 0. The van der Waals surface area contributed by atoms with Crippen LogP contribution in [0, 0.1) is 5.41 Å². The van der Waals surface area contributed by atoms with Gasteiger partial charge in [0.05, 0.1) is 18.4 Å². The normalized spacial score (nSPS) is 14.3. The van der Waals surface area contributed by atoms with E-state index in [0.717, 1.165) is 12.2 Å². The second kappa shape index (κ2) is 5.01. The molecule has 0 bridgehead atoms. The monoisotopic (exact) mass is 272 g/mol. The van der Waals surface area contributed by atoms with Crippen LogP contribution < -0.4 is 10.6 Å². The van der Waals surface area contributed by atoms with E-state index in [0.29, 0.717) is 11.7 Å². The third-order valence-corrected chi connectivity index (χ3v) is 4.11. The van der Waals surface area contributed by atoms with Crippen LogP contribution in [0.5, 0.6) is 0 Å². The highest BCUT2D eigenvalue weighted by Gasteiger charge is 2.29. The Kier molecular flexibility index (Phi) is 3.21. The van der Waals surface area contributed by atoms with Crippen molar-refractivity contribution in [3.05, 3.63) is 46.4 Å². The summed E-state index contributed by atoms with van der Waals surface area (Å²) < 4.78 is 0. The molecule has 0 radical (unpaired) electrons. The van der Waals surface area contributed by atoms with Gasteiger partial charge in [-0.3, -0.25) is 10.4 Å². The zero-order valence-electron chi connectivity index (χ0n) is 10.5. The zero-order chi connectivity index (χ0) is 13.2. The second-order valence-electron chi connectivity index (χ2n) is 4.75. The molecule has 0 amide bonds. The third-order valence-electron chi connectivity index (χ3n) is 3.25. The molecule has 1 fully saturated rings. The Morgan fingerprint density at radius 1 is 1.42 bits per heavy atom. The highest BCUT2D eigenvalue weighted by atomic mass is 32.1. The van der Waals surface area contributed by atoms with Crippen molar-refractivity contribution in [2.24, 2.45) is 5.73 Å². The van der Waals surface area contributed by atoms with E-state index >= 15 is 0 Å². The van der Waals surface area contributed by atoms with Crippen LogP contribution in [-0.2, 0) is 6.54 Å². The van der Waals surface area contributed by atoms with Gasteiger partial charge >= 0.3 is 0 Å². The molecule has 2 aromatic rings. The number of rotatable bonds is 5. The Morgan fingerprint density at radius 2 is 2.26 bits per heavy atom. The van der Waals surface area contributed by atoms with E-state index in [1.807, 2.05) is 18.3 Å². The Balaban J connectivity index is 1.81. The summed E-state index contributed by atoms with van der Waals surface area (Å²) >= 11 is 1.78. The molecule has 0 saturated heterocycles. The van der Waals surface area contributed by atoms with Gasteiger partial charge in [0.1, 0.15) is 11.5 Å². The first-order valence-corrected chi connectivity index (χ1v) is 7.21. The Morgan fingerprint density at radius 3 is 2.79 bits per heavy atom. The van der Waals surface area contributed by atoms with Crippen LogP contribution >= 0.6 is 11.3 Å². The molecule has 3 rings (SSSR count). The maximum absolute atomic E-state index is 7.37. The van der Waals surface area contributed by atoms with Crippen molar-refractivity contribution in [1.82, 2.24) is 4.98 Å². The van der Waals surface area contributed by atoms with Crippen LogP contribution in [0.25, 0.3) is 0 Å². The molecule has 4 nitrogen and oxygen atoms in total. The summed E-state index contributed by atoms with van der Waals surface area (Å²) in [5, 5.41) is 9.48. The van der Waals surface area contributed by atoms with Gasteiger partial charge in [0, 0.05) is 10.9 Å². The van der Waals surface area contributed by atoms with Gasteiger partial charge < -0.3 is 10.6 Å². The summed E-state index contributed by atoms with van der Waals surface area (Å²) in [5.41, 5.74) is 7.08. The van der Waals surface area contributed by atoms with Crippen LogP contribution in [0.2, 0.25) is 0 Å². The summed E-state index contributed by atoms with van der Waals surface area (Å²) in [6.45, 7) is 0.934. The van der Waals surface area contributed by atoms with Gasteiger partial charge in [0.2, 0.25) is 0 Å². The zero-order valence-corrected chi connectivity index (χ0v) is 11.4. The average Bonchev–Trinajstić information content (AvgIpc) is 3.13. The molecular weight excluding hydrogens is 256 g/mol. The number of hydrogen-bond donors (Lipinski definition) is 2. The highest BCUT2D eigenvalue weighted by Crippen LogP contribution is 2.33. The lowest BCUT2D eigenvalue weighted by Crippen LogP contribution is -2.25. The molecule has 1 saturated carbocycles. The van der Waals surface area contributed by atoms with E-state index in [2.05, 4.69) is 27.4 Å². The van der Waals surface area contributed by atoms with E-state index in [4.69, 9.17) is 11.1 Å². The second-order valence-corrected chi connectivity index (χ2v) is 5.79. The van der Waals surface area contributed by atoms with Crippen LogP contribution in [0.3, 0.4) is 0 Å². The van der Waals surface area contributed by atoms with Gasteiger partial charge in [-0.05, 0) is 36.4 Å². The van der Waals surface area contributed by atoms with Crippen LogP contribution in [0.1, 0.15) is 23.4 Å². The number of pyridine rings is 1. The van der Waals surface area contributed by atoms with Crippen molar-refractivity contribution in [3.8, 4) is 0 Å². The van der Waals surface area contributed by atoms with Gasteiger partial charge in [-0.15, -0.1) is 11.3 Å². The molecule has 2 heterocycles. The first-order chi connectivity index (χ1) is 9.24. The van der Waals surface area contributed by atoms with E-state index in [1.54, 1.807) is 11.3 Å². The number of amidine groups is 1. The minimum atomic E-state index is 0.0165. The predicted octanol–water partition coefficient (Wildman–Crippen LogP) is 2.60. The minimum absolute atomic E-state index is 0.0165. The summed E-state index contributed by atoms with van der Waals surface area (Å²) in [4.78, 5) is 8.01. The maximum Gasteiger partial charge on any atom is 0.141 e. The molecule has 1 aliphatic carbocycles. The number of hydrogen-bond acceptors (Lipinski definition) is 4. The molecule has 0 aromatic carbocycles. The van der Waals surface area contributed by atoms with E-state index < -0.39 is 0 Å². The van der Waals surface area contributed by atoms with E-state index in [-0.39, 0.29) is 5.84 Å². The summed E-state index contributed by atoms with van der Waals surface area (Å²) in [5.74, 6) is 0.0165. The van der Waals surface area contributed by atoms with Gasteiger partial charge in [-0.2, -0.15) is 0 Å². The lowest BCUT2D eigenvalue weighted by atomic mass is 10.2. The van der Waals surface area contributed by atoms with Crippen LogP contribution in [-0.4, -0.2) is 16.9 Å². The Labute approximate surface area is 116 Å². The van der Waals surface area contributed by atoms with Crippen molar-refractivity contribution in [2.45, 2.75) is 25.4 Å². The Hall–Kier alpha value is -1.88. The van der Waals surface area contributed by atoms with Gasteiger partial charge in [0.25, 0.3) is 0 Å². The molecule has 5 heteroatoms. The number of nitrogens with two attached hydrogens (primary N) is 1. The van der Waals surface area contributed by atoms with Gasteiger partial charge in [-0.1, -0.05) is 6.07 Å². The average molecular weight is 272 g/mol. The molecule has 2 aromatic heterocycles. The quantitative estimate of drug-likeness (QED) is 0.649. The van der Waals surface area contributed by atoms with Gasteiger partial charge in [0.15, 0.2) is 0 Å². The minimum Gasteiger partial charge on any atom is -0.382 e. The molecule has 0 aliphatic heterocycles. The standard InChI is InChI=1S/C14H16N4S/c15-14(16)13-6-5-11(8-17-13)18(10-3-4-10)9-12-2-1-7-19-12/h1-2,5-8,10H,3-4,9H2,(H3,15,16). The van der Waals surface area contributed by atoms with Crippen LogP contribution in [0.4, 0.5) is 5.69 Å². The fourth-order valence-electron chi connectivity index (χ4n) is 2.10. The fourth-order valence-corrected chi connectivity index (χ4v) is 2.81. The molecule has 0 unspecified atom stereocenters. The highest BCUT2D eigenvalue weighted by molar-refractivity contribution is 7.09. The lowest BCUT2D eigenvalue weighted by Gasteiger charge is -2.23. The molecule has 0 atom stereocenters. The molecule has 19 heavy (non-hydrogen) atoms. The maximum atomic E-state index is 7.37. The lowest BCUT2D eigenvalue weighted by molar-refractivity contribution is 0.800. The van der Waals surface area contributed by atoms with E-state index in [1.165, 1.54) is 17.7 Å². The molecular formula is C14H16N4S. The number of nitrogens with zero attached hydrogens (tertiary/aromatic N) is 2. The number of nitrogens with one attached hydrogen (secondary N) is 1. The summed E-state index contributed by atoms with van der Waals surface area (Å²) in [6, 6.07) is 8.71. The molecule has 0 spiro atoms. The molecule has 98 valence electrons. The number of thiophene rings is 1. The van der Waals surface area contributed by atoms with Crippen LogP contribution in [0.15, 0.2) is 35.8 Å². The smallest absolute Gasteiger partial charge is 0.141 e. The predicted molar refractivity (Wildman–Crippen MR) is 78.8 cm³/mol. The van der Waals surface area contributed by atoms with Crippen molar-refractivity contribution in [1.29, 1.82) is 5.41 Å². The summed E-state index contributed by atoms with van der Waals surface area (Å²) in [6.07, 6.45) is 4.32. The topological polar surface area (TPSA) is 66.0 Å². The number of nitrogen functional groups attached to an aromatic ring is 1. The first-order valence-electron chi connectivity index (χ1n) is 6.33. The van der Waals surface area contributed by atoms with Crippen molar-refractivity contribution < 1.29 is 0 Å². The third kappa shape index (κ3) is 2.76. The van der Waals surface area contributed by atoms with E-state index in [9.17, 15) is 0 Å². The number of aromatic nitrogens is 1. The number of anilines is 1. The SMILES string of the molecule is N=C(N)c1ccc(N(Cc2cccs2)C2CC2)cn1. The first kappa shape index (κ1) is 12.2.